The van der Waals surface area contributed by atoms with Gasteiger partial charge in [-0.15, -0.1) is 11.7 Å². The van der Waals surface area contributed by atoms with Gasteiger partial charge in [0.2, 0.25) is 0 Å². The number of carbonyl (C=O) groups excluding carboxylic acids is 3. The normalized spacial score (nSPS) is 35.4. The van der Waals surface area contributed by atoms with Gasteiger partial charge in [0.15, 0.2) is 12.1 Å². The maximum Gasteiger partial charge on any atom is 0.351 e. The quantitative estimate of drug-likeness (QED) is 0.0557. The minimum Gasteiger partial charge on any atom is -0.459 e. The number of esters is 2. The lowest BCUT2D eigenvalue weighted by molar-refractivity contribution is -0.303. The highest BCUT2D eigenvalue weighted by atomic mass is 19.1. The molecule has 374 valence electrons. The highest BCUT2D eigenvalue weighted by Crippen LogP contribution is 2.41. The summed E-state index contributed by atoms with van der Waals surface area (Å²) in [7, 11) is 1.46. The lowest BCUT2D eigenvalue weighted by atomic mass is 9.77. The van der Waals surface area contributed by atoms with Crippen molar-refractivity contribution in [3.63, 3.8) is 0 Å². The standard InChI is InChI=1S/C50H72FN7O10/c1-10-39-50(11-2)42(57(29-65-50)22-15-16-23-58-27-37(55-56-58)35-20-17-21-36(52)24-35)33(6)54-26-30(3)25-48(7,63-9)44(32(5)43(60)49(8,51)47(62)67-39)68-46-41(59)40(53)31(4)38(66-46)28-64-45(61)34-18-13-12-14-19-34/h11-14,17-21,24,27,30-33,38-42,44,46,54,59H,2,10,15-16,22-23,25-26,28-29,52-53H2,1,3-9H3. The molecule has 6 rings (SSSR count). The van der Waals surface area contributed by atoms with Crippen LogP contribution in [0, 0.1) is 17.8 Å². The zero-order valence-corrected chi connectivity index (χ0v) is 40.7. The number of hydrogen-bond donors (Lipinski definition) is 4. The molecule has 0 spiro atoms. The molecule has 0 saturated carbocycles. The number of rotatable bonds is 14. The topological polar surface area (TPSA) is 225 Å². The lowest BCUT2D eigenvalue weighted by Gasteiger charge is -2.47. The average Bonchev–Trinajstić information content (AvgIpc) is 3.97. The van der Waals surface area contributed by atoms with E-state index in [0.29, 0.717) is 30.9 Å². The number of nitrogen functional groups attached to an aromatic ring is 1. The Morgan fingerprint density at radius 2 is 1.81 bits per heavy atom. The molecule has 3 aromatic rings. The SMILES string of the molecule is C=CC12OCN(CCCCn3cc(-c4cccc(N)c4)nn3)C1C(C)NCC(C)CC(C)(OC)C(OC1OC(COC(=O)c3ccccc3)C(C)C(N)C1O)C(C)C(=O)C(C)(F)C(=O)OC2CC. The van der Waals surface area contributed by atoms with Crippen molar-refractivity contribution in [2.75, 3.05) is 39.3 Å². The van der Waals surface area contributed by atoms with Gasteiger partial charge in [0.1, 0.15) is 36.8 Å². The number of ketones is 1. The summed E-state index contributed by atoms with van der Waals surface area (Å²) in [4.78, 5) is 43.8. The molecule has 6 N–H and O–H groups in total. The fraction of sp³-hybridized carbons (Fsp3) is 0.620. The van der Waals surface area contributed by atoms with Crippen LogP contribution in [0.1, 0.15) is 84.5 Å². The first-order valence-electron chi connectivity index (χ1n) is 23.8. The Labute approximate surface area is 399 Å². The summed E-state index contributed by atoms with van der Waals surface area (Å²) in [6.07, 6.45) is -0.497. The smallest absolute Gasteiger partial charge is 0.351 e. The second kappa shape index (κ2) is 22.4. The van der Waals surface area contributed by atoms with Crippen molar-refractivity contribution >= 4 is 23.4 Å². The molecule has 0 amide bonds. The number of unbranched alkanes of at least 4 members (excludes halogenated alkanes) is 1. The van der Waals surface area contributed by atoms with Gasteiger partial charge in [-0.05, 0) is 83.2 Å². The first-order valence-corrected chi connectivity index (χ1v) is 23.8. The van der Waals surface area contributed by atoms with Gasteiger partial charge in [0.25, 0.3) is 5.67 Å². The number of cyclic esters (lactones) is 1. The second-order valence-electron chi connectivity index (χ2n) is 19.3. The van der Waals surface area contributed by atoms with Crippen molar-refractivity contribution in [2.24, 2.45) is 23.5 Å². The van der Waals surface area contributed by atoms with Crippen LogP contribution in [0.4, 0.5) is 10.1 Å². The van der Waals surface area contributed by atoms with Gasteiger partial charge in [-0.2, -0.15) is 0 Å². The number of ether oxygens (including phenoxy) is 6. The van der Waals surface area contributed by atoms with E-state index < -0.39 is 89.2 Å². The molecule has 14 unspecified atom stereocenters. The molecule has 0 bridgehead atoms. The summed E-state index contributed by atoms with van der Waals surface area (Å²) in [5, 5.41) is 23.9. The highest BCUT2D eigenvalue weighted by molar-refractivity contribution is 6.07. The Balaban J connectivity index is 1.23. The highest BCUT2D eigenvalue weighted by Gasteiger charge is 2.58. The molecule has 14 atom stereocenters. The van der Waals surface area contributed by atoms with E-state index in [4.69, 9.17) is 39.9 Å². The van der Waals surface area contributed by atoms with Crippen LogP contribution >= 0.6 is 0 Å². The fourth-order valence-electron chi connectivity index (χ4n) is 10.1. The van der Waals surface area contributed by atoms with Crippen molar-refractivity contribution in [3.8, 4) is 11.3 Å². The number of aliphatic hydroxyl groups excluding tert-OH is 1. The fourth-order valence-corrected chi connectivity index (χ4v) is 10.1. The van der Waals surface area contributed by atoms with Gasteiger partial charge in [-0.25, -0.2) is 14.0 Å². The number of nitrogens with two attached hydrogens (primary N) is 2. The monoisotopic (exact) mass is 950 g/mol. The first kappa shape index (κ1) is 52.7. The predicted octanol–water partition coefficient (Wildman–Crippen LogP) is 4.86. The molecule has 0 radical (unpaired) electrons. The summed E-state index contributed by atoms with van der Waals surface area (Å²) in [5.74, 6) is -5.09. The third-order valence-corrected chi connectivity index (χ3v) is 14.2. The molecular formula is C50H72FN7O10. The number of nitrogens with one attached hydrogen (secondary N) is 1. The van der Waals surface area contributed by atoms with Crippen molar-refractivity contribution in [1.29, 1.82) is 0 Å². The molecule has 3 fully saturated rings. The van der Waals surface area contributed by atoms with Crippen LogP contribution in [0.15, 0.2) is 73.4 Å². The number of Topliss-reactive ketones (excluding diaryl/α,β-unsaturated/α-hetero) is 1. The number of aromatic nitrogens is 3. The van der Waals surface area contributed by atoms with E-state index in [2.05, 4.69) is 27.1 Å². The van der Waals surface area contributed by atoms with Crippen LogP contribution in [-0.2, 0) is 44.6 Å². The third kappa shape index (κ3) is 11.3. The minimum absolute atomic E-state index is 0.143. The van der Waals surface area contributed by atoms with Crippen LogP contribution in [0.5, 0.6) is 0 Å². The van der Waals surface area contributed by atoms with E-state index in [-0.39, 0.29) is 38.1 Å². The van der Waals surface area contributed by atoms with Gasteiger partial charge >= 0.3 is 11.9 Å². The van der Waals surface area contributed by atoms with E-state index in [9.17, 15) is 19.5 Å². The van der Waals surface area contributed by atoms with Crippen molar-refractivity contribution < 1.29 is 52.3 Å². The van der Waals surface area contributed by atoms with E-state index >= 15 is 4.39 Å². The first-order chi connectivity index (χ1) is 32.3. The summed E-state index contributed by atoms with van der Waals surface area (Å²) in [6, 6.07) is 14.3. The molecule has 18 heteroatoms. The zero-order valence-electron chi connectivity index (χ0n) is 40.7. The number of anilines is 1. The van der Waals surface area contributed by atoms with Crippen molar-refractivity contribution in [2.45, 2.75) is 146 Å². The molecule has 1 aromatic heterocycles. The van der Waals surface area contributed by atoms with E-state index in [1.54, 1.807) is 54.9 Å². The van der Waals surface area contributed by atoms with Gasteiger partial charge < -0.3 is 50.3 Å². The van der Waals surface area contributed by atoms with Crippen molar-refractivity contribution in [3.05, 3.63) is 79.0 Å². The number of halogens is 1. The molecule has 2 aromatic carbocycles. The Morgan fingerprint density at radius 1 is 1.09 bits per heavy atom. The Bertz CT molecular complexity index is 2180. The minimum atomic E-state index is -3.17. The number of nitrogens with zero attached hydrogens (tertiary/aromatic N) is 4. The van der Waals surface area contributed by atoms with Crippen molar-refractivity contribution in [1.82, 2.24) is 25.2 Å². The maximum atomic E-state index is 17.2. The number of alkyl halides is 1. The van der Waals surface area contributed by atoms with Gasteiger partial charge in [-0.3, -0.25) is 14.4 Å². The number of benzene rings is 2. The average molecular weight is 950 g/mol. The molecular weight excluding hydrogens is 878 g/mol. The number of hydrogen-bond acceptors (Lipinski definition) is 16. The summed E-state index contributed by atoms with van der Waals surface area (Å²) in [5.41, 5.74) is 9.33. The Kier molecular flexibility index (Phi) is 17.4. The van der Waals surface area contributed by atoms with Crippen LogP contribution in [0.25, 0.3) is 11.3 Å². The molecule has 3 aliphatic rings. The number of methoxy groups -OCH3 is 1. The Morgan fingerprint density at radius 3 is 2.49 bits per heavy atom. The predicted molar refractivity (Wildman–Crippen MR) is 252 cm³/mol. The van der Waals surface area contributed by atoms with E-state index in [1.807, 2.05) is 51.2 Å². The van der Waals surface area contributed by atoms with Crippen LogP contribution in [0.2, 0.25) is 0 Å². The Hall–Kier alpha value is -4.66. The van der Waals surface area contributed by atoms with Crippen LogP contribution < -0.4 is 16.8 Å². The van der Waals surface area contributed by atoms with Crippen LogP contribution in [-0.4, -0.2) is 142 Å². The maximum absolute atomic E-state index is 17.2. The van der Waals surface area contributed by atoms with Gasteiger partial charge in [0.05, 0.1) is 35.6 Å². The molecule has 3 saturated heterocycles. The summed E-state index contributed by atoms with van der Waals surface area (Å²) in [6.45, 7) is 17.5. The van der Waals surface area contributed by atoms with Gasteiger partial charge in [-0.1, -0.05) is 69.3 Å². The summed E-state index contributed by atoms with van der Waals surface area (Å²) >= 11 is 0. The number of aryl methyl sites for hydroxylation is 1. The zero-order chi connectivity index (χ0) is 49.6. The number of fused-ring (bicyclic) bond motifs is 1. The van der Waals surface area contributed by atoms with E-state index in [0.717, 1.165) is 31.0 Å². The molecule has 3 aliphatic heterocycles. The van der Waals surface area contributed by atoms with Gasteiger partial charge in [0, 0.05) is 55.4 Å². The largest absolute Gasteiger partial charge is 0.459 e. The van der Waals surface area contributed by atoms with Crippen LogP contribution in [0.3, 0.4) is 0 Å². The molecule has 68 heavy (non-hydrogen) atoms. The third-order valence-electron chi connectivity index (χ3n) is 14.2. The summed E-state index contributed by atoms with van der Waals surface area (Å²) < 4.78 is 56.4. The number of carbonyl (C=O) groups is 3. The second-order valence-corrected chi connectivity index (χ2v) is 19.3. The molecule has 4 heterocycles. The molecule has 17 nitrogen and oxygen atoms in total. The van der Waals surface area contributed by atoms with E-state index in [1.165, 1.54) is 14.0 Å². The number of aliphatic hydroxyl groups is 1. The molecule has 0 aliphatic carbocycles. The lowest BCUT2D eigenvalue weighted by Crippen LogP contribution is -2.62.